The Kier molecular flexibility index (Phi) is 5.46. The van der Waals surface area contributed by atoms with Gasteiger partial charge >= 0.3 is 5.97 Å². The number of carboxylic acid groups (broad SMARTS) is 1. The summed E-state index contributed by atoms with van der Waals surface area (Å²) in [7, 11) is 5.71. The van der Waals surface area contributed by atoms with Crippen LogP contribution in [-0.4, -0.2) is 43.7 Å². The van der Waals surface area contributed by atoms with Gasteiger partial charge in [-0.05, 0) is 45.0 Å². The molecule has 0 saturated heterocycles. The number of likely N-dealkylation sites (N-methyl/N-ethyl adjacent to an activating group) is 1. The highest BCUT2D eigenvalue weighted by molar-refractivity contribution is 5.82. The SMILES string of the molecule is COc1ccc(CCN(C)C)cc1C1(C(=O)O)CCCCC1. The number of methoxy groups -OCH3 is 1. The fourth-order valence-electron chi connectivity index (χ4n) is 3.39. The lowest BCUT2D eigenvalue weighted by molar-refractivity contribution is -0.145. The van der Waals surface area contributed by atoms with Crippen LogP contribution in [0.25, 0.3) is 0 Å². The molecule has 0 radical (unpaired) electrons. The molecule has 0 atom stereocenters. The first kappa shape index (κ1) is 16.8. The minimum absolute atomic E-state index is 0.704. The van der Waals surface area contributed by atoms with Crippen molar-refractivity contribution in [2.45, 2.75) is 43.9 Å². The molecule has 0 bridgehead atoms. The zero-order valence-corrected chi connectivity index (χ0v) is 13.9. The summed E-state index contributed by atoms with van der Waals surface area (Å²) in [4.78, 5) is 14.2. The molecule has 0 amide bonds. The smallest absolute Gasteiger partial charge is 0.314 e. The summed E-state index contributed by atoms with van der Waals surface area (Å²) >= 11 is 0. The van der Waals surface area contributed by atoms with Gasteiger partial charge in [0.05, 0.1) is 12.5 Å². The van der Waals surface area contributed by atoms with Gasteiger partial charge in [-0.25, -0.2) is 0 Å². The van der Waals surface area contributed by atoms with Crippen LogP contribution in [0.1, 0.15) is 43.2 Å². The van der Waals surface area contributed by atoms with E-state index in [4.69, 9.17) is 4.74 Å². The first-order valence-corrected chi connectivity index (χ1v) is 8.05. The van der Waals surface area contributed by atoms with Crippen LogP contribution >= 0.6 is 0 Å². The molecule has 1 saturated carbocycles. The Hall–Kier alpha value is -1.55. The number of carboxylic acids is 1. The maximum absolute atomic E-state index is 12.1. The van der Waals surface area contributed by atoms with E-state index in [9.17, 15) is 9.90 Å². The molecule has 122 valence electrons. The van der Waals surface area contributed by atoms with Gasteiger partial charge in [-0.3, -0.25) is 4.79 Å². The van der Waals surface area contributed by atoms with Crippen molar-refractivity contribution in [1.82, 2.24) is 4.90 Å². The fourth-order valence-corrected chi connectivity index (χ4v) is 3.39. The second kappa shape index (κ2) is 7.14. The number of nitrogens with zero attached hydrogens (tertiary/aromatic N) is 1. The lowest BCUT2D eigenvalue weighted by Crippen LogP contribution is -2.38. The Balaban J connectivity index is 2.40. The summed E-state index contributed by atoms with van der Waals surface area (Å²) in [6, 6.07) is 6.03. The molecular formula is C18H27NO3. The van der Waals surface area contributed by atoms with Crippen molar-refractivity contribution in [1.29, 1.82) is 0 Å². The van der Waals surface area contributed by atoms with Gasteiger partial charge in [-0.15, -0.1) is 0 Å². The largest absolute Gasteiger partial charge is 0.496 e. The van der Waals surface area contributed by atoms with Crippen LogP contribution in [0.2, 0.25) is 0 Å². The molecular weight excluding hydrogens is 278 g/mol. The predicted molar refractivity (Wildman–Crippen MR) is 87.7 cm³/mol. The average Bonchev–Trinajstić information content (AvgIpc) is 2.53. The van der Waals surface area contributed by atoms with Crippen molar-refractivity contribution in [3.8, 4) is 5.75 Å². The van der Waals surface area contributed by atoms with Crippen molar-refractivity contribution in [2.75, 3.05) is 27.7 Å². The molecule has 22 heavy (non-hydrogen) atoms. The lowest BCUT2D eigenvalue weighted by Gasteiger charge is -2.35. The third-order valence-corrected chi connectivity index (χ3v) is 4.74. The summed E-state index contributed by atoms with van der Waals surface area (Å²) in [5, 5.41) is 9.91. The van der Waals surface area contributed by atoms with E-state index in [1.807, 2.05) is 26.2 Å². The van der Waals surface area contributed by atoms with Crippen molar-refractivity contribution in [3.05, 3.63) is 29.3 Å². The standard InChI is InChI=1S/C18H27NO3/c1-19(2)12-9-14-7-8-16(22-3)15(13-14)18(17(20)21)10-5-4-6-11-18/h7-8,13H,4-6,9-12H2,1-3H3,(H,20,21). The summed E-state index contributed by atoms with van der Waals surface area (Å²) in [5.41, 5.74) is 1.26. The molecule has 1 aromatic carbocycles. The summed E-state index contributed by atoms with van der Waals surface area (Å²) in [5.74, 6) is -0.00633. The Morgan fingerprint density at radius 2 is 1.95 bits per heavy atom. The van der Waals surface area contributed by atoms with E-state index >= 15 is 0 Å². The maximum Gasteiger partial charge on any atom is 0.314 e. The minimum atomic E-state index is -0.780. The Labute approximate surface area is 133 Å². The van der Waals surface area contributed by atoms with Crippen LogP contribution in [0.3, 0.4) is 0 Å². The highest BCUT2D eigenvalue weighted by Gasteiger charge is 2.43. The maximum atomic E-state index is 12.1. The molecule has 4 heteroatoms. The number of carbonyl (C=O) groups is 1. The third kappa shape index (κ3) is 3.43. The minimum Gasteiger partial charge on any atom is -0.496 e. The van der Waals surface area contributed by atoms with Crippen molar-refractivity contribution in [3.63, 3.8) is 0 Å². The first-order chi connectivity index (χ1) is 10.5. The number of aliphatic carboxylic acids is 1. The second-order valence-electron chi connectivity index (χ2n) is 6.54. The predicted octanol–water partition coefficient (Wildman–Crippen LogP) is 3.09. The van der Waals surface area contributed by atoms with Gasteiger partial charge in [-0.2, -0.15) is 0 Å². The van der Waals surface area contributed by atoms with Crippen molar-refractivity contribution < 1.29 is 14.6 Å². The lowest BCUT2D eigenvalue weighted by atomic mass is 9.69. The molecule has 1 fully saturated rings. The topological polar surface area (TPSA) is 49.8 Å². The van der Waals surface area contributed by atoms with Gasteiger partial charge in [0.2, 0.25) is 0 Å². The van der Waals surface area contributed by atoms with Crippen molar-refractivity contribution in [2.24, 2.45) is 0 Å². The molecule has 0 heterocycles. The van der Waals surface area contributed by atoms with E-state index in [1.165, 1.54) is 5.56 Å². The zero-order chi connectivity index (χ0) is 16.2. The average molecular weight is 305 g/mol. The summed E-state index contributed by atoms with van der Waals surface area (Å²) < 4.78 is 5.48. The number of rotatable bonds is 6. The molecule has 0 unspecified atom stereocenters. The molecule has 2 rings (SSSR count). The molecule has 0 spiro atoms. The van der Waals surface area contributed by atoms with E-state index in [0.29, 0.717) is 18.6 Å². The van der Waals surface area contributed by atoms with Gasteiger partial charge in [0.15, 0.2) is 0 Å². The van der Waals surface area contributed by atoms with Crippen LogP contribution in [0.5, 0.6) is 5.75 Å². The Bertz CT molecular complexity index is 519. The Morgan fingerprint density at radius 3 is 2.50 bits per heavy atom. The number of hydrogen-bond acceptors (Lipinski definition) is 3. The molecule has 4 nitrogen and oxygen atoms in total. The first-order valence-electron chi connectivity index (χ1n) is 8.05. The van der Waals surface area contributed by atoms with E-state index in [0.717, 1.165) is 37.8 Å². The highest BCUT2D eigenvalue weighted by atomic mass is 16.5. The number of ether oxygens (including phenoxy) is 1. The van der Waals surface area contributed by atoms with Crippen LogP contribution < -0.4 is 4.74 Å². The highest BCUT2D eigenvalue weighted by Crippen LogP contribution is 2.44. The molecule has 1 aromatic rings. The van der Waals surface area contributed by atoms with E-state index < -0.39 is 11.4 Å². The number of benzene rings is 1. The van der Waals surface area contributed by atoms with Gasteiger partial charge in [-0.1, -0.05) is 31.4 Å². The van der Waals surface area contributed by atoms with Gasteiger partial charge in [0, 0.05) is 12.1 Å². The molecule has 0 aromatic heterocycles. The second-order valence-corrected chi connectivity index (χ2v) is 6.54. The molecule has 1 aliphatic carbocycles. The van der Waals surface area contributed by atoms with Gasteiger partial charge in [0.25, 0.3) is 0 Å². The van der Waals surface area contributed by atoms with E-state index in [1.54, 1.807) is 7.11 Å². The quantitative estimate of drug-likeness (QED) is 0.877. The summed E-state index contributed by atoms with van der Waals surface area (Å²) in [6.45, 7) is 0.950. The molecule has 1 aliphatic rings. The van der Waals surface area contributed by atoms with Gasteiger partial charge in [0.1, 0.15) is 5.75 Å². The Morgan fingerprint density at radius 1 is 1.27 bits per heavy atom. The monoisotopic (exact) mass is 305 g/mol. The zero-order valence-electron chi connectivity index (χ0n) is 13.9. The van der Waals surface area contributed by atoms with Gasteiger partial charge < -0.3 is 14.7 Å². The van der Waals surface area contributed by atoms with Crippen LogP contribution in [-0.2, 0) is 16.6 Å². The van der Waals surface area contributed by atoms with E-state index in [2.05, 4.69) is 11.0 Å². The number of hydrogen-bond donors (Lipinski definition) is 1. The normalized spacial score (nSPS) is 17.5. The van der Waals surface area contributed by atoms with Crippen LogP contribution in [0.4, 0.5) is 0 Å². The molecule has 0 aliphatic heterocycles. The van der Waals surface area contributed by atoms with E-state index in [-0.39, 0.29) is 0 Å². The van der Waals surface area contributed by atoms with Crippen molar-refractivity contribution >= 4 is 5.97 Å². The summed E-state index contributed by atoms with van der Waals surface area (Å²) in [6.07, 6.45) is 5.39. The fraction of sp³-hybridized carbons (Fsp3) is 0.611. The van der Waals surface area contributed by atoms with Crippen LogP contribution in [0, 0.1) is 0 Å². The van der Waals surface area contributed by atoms with Crippen LogP contribution in [0.15, 0.2) is 18.2 Å². The molecule has 1 N–H and O–H groups in total. The third-order valence-electron chi connectivity index (χ3n) is 4.74.